The second-order valence-corrected chi connectivity index (χ2v) is 6.04. The van der Waals surface area contributed by atoms with Gasteiger partial charge < -0.3 is 15.0 Å². The minimum absolute atomic E-state index is 0. The van der Waals surface area contributed by atoms with Crippen molar-refractivity contribution in [2.24, 2.45) is 0 Å². The second kappa shape index (κ2) is 9.04. The Kier molecular flexibility index (Phi) is 7.05. The zero-order valence-corrected chi connectivity index (χ0v) is 15.0. The number of carbonyl (C=O) groups is 1. The molecule has 1 atom stereocenters. The summed E-state index contributed by atoms with van der Waals surface area (Å²) < 4.78 is 18.4. The third kappa shape index (κ3) is 5.08. The Hall–Kier alpha value is -1.82. The monoisotopic (exact) mass is 384 g/mol. The van der Waals surface area contributed by atoms with Gasteiger partial charge in [-0.3, -0.25) is 4.79 Å². The van der Waals surface area contributed by atoms with Crippen molar-refractivity contribution in [1.29, 1.82) is 0 Å². The number of nitrogens with zero attached hydrogens (tertiary/aromatic N) is 1. The van der Waals surface area contributed by atoms with E-state index >= 15 is 0 Å². The number of benzene rings is 2. The van der Waals surface area contributed by atoms with Gasteiger partial charge in [0.15, 0.2) is 6.61 Å². The van der Waals surface area contributed by atoms with Gasteiger partial charge in [-0.2, -0.15) is 0 Å². The predicted molar refractivity (Wildman–Crippen MR) is 97.9 cm³/mol. The van der Waals surface area contributed by atoms with E-state index in [1.807, 2.05) is 24.3 Å². The molecular formula is C18H19Cl2FN2O2. The number of rotatable bonds is 4. The van der Waals surface area contributed by atoms with Crippen molar-refractivity contribution in [1.82, 2.24) is 10.2 Å². The fourth-order valence-corrected chi connectivity index (χ4v) is 2.97. The number of nitrogens with one attached hydrogen (secondary N) is 1. The lowest BCUT2D eigenvalue weighted by Crippen LogP contribution is -2.50. The first-order chi connectivity index (χ1) is 11.6. The summed E-state index contributed by atoms with van der Waals surface area (Å²) in [5, 5.41) is 3.94. The van der Waals surface area contributed by atoms with Crippen molar-refractivity contribution in [3.63, 3.8) is 0 Å². The Bertz CT molecular complexity index is 712. The Labute approximate surface area is 157 Å². The number of halogens is 3. The zero-order chi connectivity index (χ0) is 16.9. The Morgan fingerprint density at radius 3 is 2.76 bits per heavy atom. The highest BCUT2D eigenvalue weighted by Crippen LogP contribution is 2.25. The number of carbonyl (C=O) groups excluding carboxylic acids is 1. The van der Waals surface area contributed by atoms with Gasteiger partial charge in [-0.25, -0.2) is 4.39 Å². The summed E-state index contributed by atoms with van der Waals surface area (Å²) in [5.74, 6) is 0.0294. The average Bonchev–Trinajstić information content (AvgIpc) is 2.61. The third-order valence-electron chi connectivity index (χ3n) is 3.97. The van der Waals surface area contributed by atoms with Crippen molar-refractivity contribution >= 4 is 29.9 Å². The normalized spacial score (nSPS) is 16.9. The Morgan fingerprint density at radius 1 is 1.28 bits per heavy atom. The van der Waals surface area contributed by atoms with Gasteiger partial charge >= 0.3 is 0 Å². The Morgan fingerprint density at radius 2 is 2.04 bits per heavy atom. The number of hydrogen-bond donors (Lipinski definition) is 1. The van der Waals surface area contributed by atoms with Crippen molar-refractivity contribution in [2.75, 3.05) is 26.2 Å². The van der Waals surface area contributed by atoms with Crippen LogP contribution in [0.15, 0.2) is 48.5 Å². The lowest BCUT2D eigenvalue weighted by Gasteiger charge is -2.36. The van der Waals surface area contributed by atoms with Crippen LogP contribution in [0.5, 0.6) is 5.75 Å². The van der Waals surface area contributed by atoms with Crippen LogP contribution >= 0.6 is 24.0 Å². The molecule has 7 heteroatoms. The highest BCUT2D eigenvalue weighted by Gasteiger charge is 2.28. The summed E-state index contributed by atoms with van der Waals surface area (Å²) in [6.07, 6.45) is 0. The summed E-state index contributed by atoms with van der Waals surface area (Å²) in [6.45, 7) is 1.92. The molecule has 0 radical (unpaired) electrons. The van der Waals surface area contributed by atoms with E-state index in [1.165, 1.54) is 24.3 Å². The molecule has 0 aromatic heterocycles. The minimum Gasteiger partial charge on any atom is -0.484 e. The maximum Gasteiger partial charge on any atom is 0.261 e. The molecule has 2 aromatic carbocycles. The fourth-order valence-electron chi connectivity index (χ4n) is 2.77. The number of amides is 1. The van der Waals surface area contributed by atoms with E-state index < -0.39 is 0 Å². The highest BCUT2D eigenvalue weighted by molar-refractivity contribution is 6.30. The first kappa shape index (κ1) is 19.5. The van der Waals surface area contributed by atoms with Crippen LogP contribution in [0.4, 0.5) is 4.39 Å². The van der Waals surface area contributed by atoms with Crippen LogP contribution in [-0.4, -0.2) is 37.0 Å². The van der Waals surface area contributed by atoms with E-state index in [1.54, 1.807) is 4.90 Å². The molecular weight excluding hydrogens is 366 g/mol. The molecule has 1 heterocycles. The van der Waals surface area contributed by atoms with Crippen LogP contribution in [0.25, 0.3) is 0 Å². The summed E-state index contributed by atoms with van der Waals surface area (Å²) in [6, 6.07) is 13.1. The molecule has 25 heavy (non-hydrogen) atoms. The number of ether oxygens (including phenoxy) is 1. The lowest BCUT2D eigenvalue weighted by atomic mass is 10.0. The molecule has 1 amide bonds. The van der Waals surface area contributed by atoms with Crippen LogP contribution in [0, 0.1) is 5.82 Å². The van der Waals surface area contributed by atoms with Crippen LogP contribution in [0.1, 0.15) is 11.6 Å². The summed E-state index contributed by atoms with van der Waals surface area (Å²) in [4.78, 5) is 14.4. The Balaban J connectivity index is 0.00000225. The fraction of sp³-hybridized carbons (Fsp3) is 0.278. The average molecular weight is 385 g/mol. The van der Waals surface area contributed by atoms with Gasteiger partial charge in [-0.05, 0) is 42.0 Å². The van der Waals surface area contributed by atoms with Crippen LogP contribution in [0.2, 0.25) is 5.02 Å². The standard InChI is InChI=1S/C18H18ClFN2O2.ClH/c19-14-3-1-2-13(10-14)17-11-21-8-9-22(17)18(23)12-24-16-6-4-15(20)5-7-16;/h1-7,10,17,21H,8-9,11-12H2;1H. The maximum absolute atomic E-state index is 12.9. The van der Waals surface area contributed by atoms with Crippen molar-refractivity contribution in [3.05, 3.63) is 64.9 Å². The van der Waals surface area contributed by atoms with Crippen LogP contribution < -0.4 is 10.1 Å². The summed E-state index contributed by atoms with van der Waals surface area (Å²) in [5.41, 5.74) is 0.991. The van der Waals surface area contributed by atoms with Crippen molar-refractivity contribution < 1.29 is 13.9 Å². The van der Waals surface area contributed by atoms with E-state index in [2.05, 4.69) is 5.32 Å². The van der Waals surface area contributed by atoms with Crippen LogP contribution in [0.3, 0.4) is 0 Å². The quantitative estimate of drug-likeness (QED) is 0.877. The molecule has 0 bridgehead atoms. The van der Waals surface area contributed by atoms with E-state index in [4.69, 9.17) is 16.3 Å². The first-order valence-electron chi connectivity index (χ1n) is 7.77. The number of hydrogen-bond acceptors (Lipinski definition) is 3. The minimum atomic E-state index is -0.336. The van der Waals surface area contributed by atoms with Crippen molar-refractivity contribution in [3.8, 4) is 5.75 Å². The van der Waals surface area contributed by atoms with Gasteiger partial charge in [0.25, 0.3) is 5.91 Å². The number of piperazine rings is 1. The molecule has 0 saturated carbocycles. The van der Waals surface area contributed by atoms with E-state index in [0.29, 0.717) is 23.9 Å². The molecule has 1 N–H and O–H groups in total. The van der Waals surface area contributed by atoms with Crippen LogP contribution in [-0.2, 0) is 4.79 Å². The van der Waals surface area contributed by atoms with Gasteiger partial charge in [-0.15, -0.1) is 12.4 Å². The van der Waals surface area contributed by atoms with Gasteiger partial charge in [0.1, 0.15) is 11.6 Å². The molecule has 1 unspecified atom stereocenters. The van der Waals surface area contributed by atoms with Gasteiger partial charge in [0.2, 0.25) is 0 Å². The predicted octanol–water partition coefficient (Wildman–Crippen LogP) is 3.45. The van der Waals surface area contributed by atoms with Crippen molar-refractivity contribution in [2.45, 2.75) is 6.04 Å². The second-order valence-electron chi connectivity index (χ2n) is 5.60. The van der Waals surface area contributed by atoms with E-state index in [0.717, 1.165) is 12.1 Å². The zero-order valence-electron chi connectivity index (χ0n) is 13.5. The molecule has 0 aliphatic carbocycles. The molecule has 2 aromatic rings. The molecule has 4 nitrogen and oxygen atoms in total. The third-order valence-corrected chi connectivity index (χ3v) is 4.21. The SMILES string of the molecule is Cl.O=C(COc1ccc(F)cc1)N1CCNCC1c1cccc(Cl)c1. The molecule has 134 valence electrons. The molecule has 0 spiro atoms. The first-order valence-corrected chi connectivity index (χ1v) is 8.15. The van der Waals surface area contributed by atoms with Gasteiger partial charge in [-0.1, -0.05) is 23.7 Å². The molecule has 1 fully saturated rings. The summed E-state index contributed by atoms with van der Waals surface area (Å²) >= 11 is 6.07. The largest absolute Gasteiger partial charge is 0.484 e. The van der Waals surface area contributed by atoms with Gasteiger partial charge in [0.05, 0.1) is 6.04 Å². The summed E-state index contributed by atoms with van der Waals surface area (Å²) in [7, 11) is 0. The molecule has 1 aliphatic heterocycles. The molecule has 3 rings (SSSR count). The smallest absolute Gasteiger partial charge is 0.261 e. The van der Waals surface area contributed by atoms with Gasteiger partial charge in [0, 0.05) is 24.7 Å². The lowest BCUT2D eigenvalue weighted by molar-refractivity contribution is -0.136. The van der Waals surface area contributed by atoms with E-state index in [9.17, 15) is 9.18 Å². The highest BCUT2D eigenvalue weighted by atomic mass is 35.5. The van der Waals surface area contributed by atoms with E-state index in [-0.39, 0.29) is 36.8 Å². The molecule has 1 aliphatic rings. The molecule has 1 saturated heterocycles. The maximum atomic E-state index is 12.9. The topological polar surface area (TPSA) is 41.6 Å².